The molecular weight excluding hydrogens is 332 g/mol. The monoisotopic (exact) mass is 350 g/mol. The smallest absolute Gasteiger partial charge is 0.323 e. The van der Waals surface area contributed by atoms with Gasteiger partial charge in [-0.1, -0.05) is 30.8 Å². The molecular formula is C16H18N2O5S. The molecule has 1 aliphatic rings. The van der Waals surface area contributed by atoms with Crippen LogP contribution in [0.3, 0.4) is 0 Å². The number of nitrogens with zero attached hydrogens (tertiary/aromatic N) is 2. The first-order valence-electron chi connectivity index (χ1n) is 7.49. The number of benzene rings is 1. The zero-order valence-electron chi connectivity index (χ0n) is 13.2. The minimum Gasteiger partial charge on any atom is -0.480 e. The maximum Gasteiger partial charge on any atom is 0.323 e. The molecule has 1 aliphatic heterocycles. The molecule has 8 heteroatoms. The molecule has 0 aromatic heterocycles. The van der Waals surface area contributed by atoms with Gasteiger partial charge < -0.3 is 10.0 Å². The van der Waals surface area contributed by atoms with Gasteiger partial charge in [0.05, 0.1) is 12.3 Å². The molecule has 1 N–H and O–H groups in total. The molecule has 0 saturated carbocycles. The first kappa shape index (κ1) is 18.0. The summed E-state index contributed by atoms with van der Waals surface area (Å²) in [4.78, 5) is 49.1. The molecule has 1 aromatic rings. The van der Waals surface area contributed by atoms with Crippen LogP contribution in [-0.4, -0.2) is 56.8 Å². The van der Waals surface area contributed by atoms with Crippen molar-refractivity contribution in [3.8, 4) is 0 Å². The van der Waals surface area contributed by atoms with Crippen LogP contribution in [-0.2, 0) is 16.1 Å². The zero-order chi connectivity index (χ0) is 17.7. The number of thioether (sulfide) groups is 1. The summed E-state index contributed by atoms with van der Waals surface area (Å²) in [5.74, 6) is -1.56. The third kappa shape index (κ3) is 4.35. The van der Waals surface area contributed by atoms with Gasteiger partial charge in [0.25, 0.3) is 11.1 Å². The third-order valence-corrected chi connectivity index (χ3v) is 4.32. The normalized spacial score (nSPS) is 14.1. The number of amides is 3. The Hall–Kier alpha value is -2.35. The molecule has 1 aromatic carbocycles. The highest BCUT2D eigenvalue weighted by Crippen LogP contribution is 2.21. The molecule has 24 heavy (non-hydrogen) atoms. The molecule has 0 spiro atoms. The number of rotatable bonds is 7. The van der Waals surface area contributed by atoms with E-state index in [0.717, 1.165) is 16.7 Å². The fraction of sp³-hybridized carbons (Fsp3) is 0.375. The Morgan fingerprint density at radius 1 is 1.33 bits per heavy atom. The van der Waals surface area contributed by atoms with E-state index in [1.807, 2.05) is 6.92 Å². The van der Waals surface area contributed by atoms with Crippen LogP contribution in [0.5, 0.6) is 0 Å². The predicted molar refractivity (Wildman–Crippen MR) is 88.7 cm³/mol. The van der Waals surface area contributed by atoms with Crippen molar-refractivity contribution >= 4 is 34.8 Å². The van der Waals surface area contributed by atoms with Crippen molar-refractivity contribution in [1.82, 2.24) is 9.80 Å². The van der Waals surface area contributed by atoms with Gasteiger partial charge in [-0.05, 0) is 24.1 Å². The molecule has 2 rings (SSSR count). The van der Waals surface area contributed by atoms with Crippen LogP contribution in [0.4, 0.5) is 4.79 Å². The van der Waals surface area contributed by atoms with Gasteiger partial charge in [0.15, 0.2) is 0 Å². The summed E-state index contributed by atoms with van der Waals surface area (Å²) in [5.41, 5.74) is 0.991. The zero-order valence-corrected chi connectivity index (χ0v) is 14.0. The molecule has 0 radical (unpaired) electrons. The summed E-state index contributed by atoms with van der Waals surface area (Å²) in [6.07, 6.45) is 0.646. The molecule has 1 saturated heterocycles. The Balaban J connectivity index is 2.16. The van der Waals surface area contributed by atoms with Crippen molar-refractivity contribution in [3.05, 3.63) is 35.4 Å². The minimum absolute atomic E-state index is 0.110. The highest BCUT2D eigenvalue weighted by molar-refractivity contribution is 8.14. The second kappa shape index (κ2) is 7.96. The Morgan fingerprint density at radius 2 is 2.08 bits per heavy atom. The maximum absolute atomic E-state index is 12.5. The molecule has 7 nitrogen and oxygen atoms in total. The molecule has 128 valence electrons. The second-order valence-corrected chi connectivity index (χ2v) is 6.28. The van der Waals surface area contributed by atoms with E-state index in [4.69, 9.17) is 5.11 Å². The lowest BCUT2D eigenvalue weighted by atomic mass is 10.1. The Bertz CT molecular complexity index is 660. The summed E-state index contributed by atoms with van der Waals surface area (Å²) >= 11 is 0.959. The van der Waals surface area contributed by atoms with Gasteiger partial charge in [-0.2, -0.15) is 0 Å². The number of carboxylic acid groups (broad SMARTS) is 1. The number of carboxylic acids is 1. The number of carbonyl (C=O) groups excluding carboxylic acids is 3. The summed E-state index contributed by atoms with van der Waals surface area (Å²) in [6.45, 7) is 1.95. The fourth-order valence-corrected chi connectivity index (χ4v) is 3.11. The first-order valence-corrected chi connectivity index (χ1v) is 8.48. The van der Waals surface area contributed by atoms with E-state index in [-0.39, 0.29) is 35.9 Å². The van der Waals surface area contributed by atoms with Gasteiger partial charge in [0.2, 0.25) is 5.91 Å². The topological polar surface area (TPSA) is 95.0 Å². The van der Waals surface area contributed by atoms with Crippen LogP contribution in [0.15, 0.2) is 24.3 Å². The van der Waals surface area contributed by atoms with Crippen LogP contribution in [0, 0.1) is 0 Å². The van der Waals surface area contributed by atoms with Gasteiger partial charge in [0, 0.05) is 12.1 Å². The van der Waals surface area contributed by atoms with Crippen LogP contribution >= 0.6 is 11.8 Å². The maximum atomic E-state index is 12.5. The molecule has 1 heterocycles. The lowest BCUT2D eigenvalue weighted by Gasteiger charge is -2.20. The standard InChI is InChI=1S/C16H18N2O5S/c1-2-6-17(9-14(20)21)15(22)12-5-3-4-11(7-12)8-18-13(19)10-24-16(18)23/h3-5,7H,2,6,8-10H2,1H3,(H,20,21). The summed E-state index contributed by atoms with van der Waals surface area (Å²) in [5, 5.41) is 8.64. The van der Waals surface area contributed by atoms with E-state index in [0.29, 0.717) is 24.1 Å². The largest absolute Gasteiger partial charge is 0.480 e. The second-order valence-electron chi connectivity index (χ2n) is 5.36. The summed E-state index contributed by atoms with van der Waals surface area (Å²) < 4.78 is 0. The van der Waals surface area contributed by atoms with E-state index in [1.165, 1.54) is 4.90 Å². The van der Waals surface area contributed by atoms with Crippen LogP contribution in [0.25, 0.3) is 0 Å². The van der Waals surface area contributed by atoms with E-state index < -0.39 is 5.97 Å². The molecule has 0 bridgehead atoms. The van der Waals surface area contributed by atoms with Crippen molar-refractivity contribution in [2.75, 3.05) is 18.8 Å². The molecule has 0 aliphatic carbocycles. The Kier molecular flexibility index (Phi) is 5.97. The Labute approximate surface area is 143 Å². The lowest BCUT2D eigenvalue weighted by molar-refractivity contribution is -0.137. The summed E-state index contributed by atoms with van der Waals surface area (Å²) in [7, 11) is 0. The van der Waals surface area contributed by atoms with Crippen molar-refractivity contribution in [2.45, 2.75) is 19.9 Å². The lowest BCUT2D eigenvalue weighted by Crippen LogP contribution is -2.36. The number of hydrogen-bond donors (Lipinski definition) is 1. The predicted octanol–water partition coefficient (Wildman–Crippen LogP) is 1.82. The number of carbonyl (C=O) groups is 4. The van der Waals surface area contributed by atoms with E-state index in [9.17, 15) is 19.2 Å². The van der Waals surface area contributed by atoms with Gasteiger partial charge in [0.1, 0.15) is 6.54 Å². The minimum atomic E-state index is -1.07. The van der Waals surface area contributed by atoms with E-state index in [1.54, 1.807) is 24.3 Å². The highest BCUT2D eigenvalue weighted by Gasteiger charge is 2.30. The van der Waals surface area contributed by atoms with Crippen LogP contribution in [0.1, 0.15) is 29.3 Å². The fourth-order valence-electron chi connectivity index (χ4n) is 2.39. The summed E-state index contributed by atoms with van der Waals surface area (Å²) in [6, 6.07) is 6.57. The van der Waals surface area contributed by atoms with Crippen molar-refractivity contribution in [1.29, 1.82) is 0 Å². The van der Waals surface area contributed by atoms with Crippen LogP contribution in [0.2, 0.25) is 0 Å². The van der Waals surface area contributed by atoms with Gasteiger partial charge in [-0.15, -0.1) is 0 Å². The van der Waals surface area contributed by atoms with Crippen molar-refractivity contribution in [3.63, 3.8) is 0 Å². The first-order chi connectivity index (χ1) is 11.4. The van der Waals surface area contributed by atoms with Gasteiger partial charge in [-0.25, -0.2) is 0 Å². The van der Waals surface area contributed by atoms with Crippen LogP contribution < -0.4 is 0 Å². The molecule has 0 atom stereocenters. The van der Waals surface area contributed by atoms with E-state index in [2.05, 4.69) is 0 Å². The number of imide groups is 1. The average molecular weight is 350 g/mol. The van der Waals surface area contributed by atoms with Gasteiger partial charge in [-0.3, -0.25) is 24.1 Å². The number of hydrogen-bond acceptors (Lipinski definition) is 5. The average Bonchev–Trinajstić information content (AvgIpc) is 2.85. The quantitative estimate of drug-likeness (QED) is 0.806. The van der Waals surface area contributed by atoms with Crippen molar-refractivity contribution < 1.29 is 24.3 Å². The van der Waals surface area contributed by atoms with Gasteiger partial charge >= 0.3 is 5.97 Å². The van der Waals surface area contributed by atoms with Crippen molar-refractivity contribution in [2.24, 2.45) is 0 Å². The number of aliphatic carboxylic acids is 1. The SMILES string of the molecule is CCCN(CC(=O)O)C(=O)c1cccc(CN2C(=O)CSC2=O)c1. The van der Waals surface area contributed by atoms with E-state index >= 15 is 0 Å². The molecule has 0 unspecified atom stereocenters. The third-order valence-electron chi connectivity index (χ3n) is 3.46. The highest BCUT2D eigenvalue weighted by atomic mass is 32.2. The molecule has 1 fully saturated rings. The molecule has 3 amide bonds. The Morgan fingerprint density at radius 3 is 2.67 bits per heavy atom.